The Morgan fingerprint density at radius 2 is 1.78 bits per heavy atom. The number of carbonyl (C=O) groups excluding carboxylic acids is 2. The van der Waals surface area contributed by atoms with Crippen LogP contribution in [-0.2, 0) is 9.59 Å². The van der Waals surface area contributed by atoms with E-state index in [-0.39, 0.29) is 5.56 Å². The second-order valence-corrected chi connectivity index (χ2v) is 7.37. The van der Waals surface area contributed by atoms with E-state index in [1.54, 1.807) is 7.05 Å². The van der Waals surface area contributed by atoms with Crippen LogP contribution in [0.15, 0.2) is 12.1 Å². The van der Waals surface area contributed by atoms with Gasteiger partial charge in [0.1, 0.15) is 17.9 Å². The molecule has 1 amide bonds. The number of hydrogen-bond acceptors (Lipinski definition) is 4. The van der Waals surface area contributed by atoms with Crippen LogP contribution >= 0.6 is 0 Å². The van der Waals surface area contributed by atoms with Gasteiger partial charge in [-0.1, -0.05) is 13.3 Å². The van der Waals surface area contributed by atoms with E-state index >= 15 is 0 Å². The molecule has 2 aliphatic rings. The molecule has 5 nitrogen and oxygen atoms in total. The van der Waals surface area contributed by atoms with Gasteiger partial charge in [0.25, 0.3) is 0 Å². The quantitative estimate of drug-likeness (QED) is 0.744. The van der Waals surface area contributed by atoms with Crippen LogP contribution in [0.5, 0.6) is 0 Å². The number of anilines is 1. The van der Waals surface area contributed by atoms with Gasteiger partial charge in [0.05, 0.1) is 0 Å². The molecule has 1 aromatic carbocycles. The van der Waals surface area contributed by atoms with Gasteiger partial charge < -0.3 is 20.3 Å². The molecule has 2 fully saturated rings. The summed E-state index contributed by atoms with van der Waals surface area (Å²) in [5, 5.41) is 5.60. The molecule has 1 aromatic rings. The number of rotatable bonds is 6. The van der Waals surface area contributed by atoms with Crippen molar-refractivity contribution >= 4 is 18.4 Å². The van der Waals surface area contributed by atoms with Gasteiger partial charge in [-0.05, 0) is 44.5 Å². The Kier molecular flexibility index (Phi) is 7.71. The fourth-order valence-electron chi connectivity index (χ4n) is 3.92. The largest absolute Gasteiger partial charge is 0.370 e. The molecule has 1 spiro atoms. The molecule has 2 saturated heterocycles. The predicted molar refractivity (Wildman–Crippen MR) is 102 cm³/mol. The lowest BCUT2D eigenvalue weighted by molar-refractivity contribution is -0.110. The Morgan fingerprint density at radius 3 is 2.22 bits per heavy atom. The molecule has 0 aromatic heterocycles. The number of carbonyl (C=O) groups is 2. The number of nitrogens with zero attached hydrogens (tertiary/aromatic N) is 1. The third-order valence-corrected chi connectivity index (χ3v) is 5.40. The maximum atomic E-state index is 14.4. The Balaban J connectivity index is 0.000000596. The third-order valence-electron chi connectivity index (χ3n) is 5.40. The van der Waals surface area contributed by atoms with Crippen molar-refractivity contribution in [3.63, 3.8) is 0 Å². The Labute approximate surface area is 159 Å². The fraction of sp³-hybridized carbons (Fsp3) is 0.600. The first kappa shape index (κ1) is 21.3. The molecule has 0 radical (unpaired) electrons. The maximum absolute atomic E-state index is 14.4. The van der Waals surface area contributed by atoms with E-state index < -0.39 is 17.6 Å². The van der Waals surface area contributed by atoms with Gasteiger partial charge in [0, 0.05) is 42.7 Å². The zero-order valence-electron chi connectivity index (χ0n) is 16.1. The lowest BCUT2D eigenvalue weighted by Crippen LogP contribution is -2.60. The number of aldehydes is 1. The highest BCUT2D eigenvalue weighted by atomic mass is 19.1. The van der Waals surface area contributed by atoms with Crippen LogP contribution in [0.2, 0.25) is 0 Å². The summed E-state index contributed by atoms with van der Waals surface area (Å²) >= 11 is 0. The Morgan fingerprint density at radius 1 is 1.22 bits per heavy atom. The highest BCUT2D eigenvalue weighted by Crippen LogP contribution is 2.42. The van der Waals surface area contributed by atoms with E-state index in [2.05, 4.69) is 10.6 Å². The topological polar surface area (TPSA) is 61.4 Å². The van der Waals surface area contributed by atoms with Crippen molar-refractivity contribution < 1.29 is 18.4 Å². The first-order chi connectivity index (χ1) is 13.0. The van der Waals surface area contributed by atoms with Gasteiger partial charge in [0.15, 0.2) is 0 Å². The molecule has 2 N–H and O–H groups in total. The smallest absolute Gasteiger partial charge is 0.206 e. The fourth-order valence-corrected chi connectivity index (χ4v) is 3.92. The molecule has 27 heavy (non-hydrogen) atoms. The summed E-state index contributed by atoms with van der Waals surface area (Å²) < 4.78 is 28.8. The van der Waals surface area contributed by atoms with Crippen LogP contribution < -0.4 is 15.5 Å². The Bertz CT molecular complexity index is 617. The molecular formula is C20H29F2N3O2. The standard InChI is InChI=1S/C18H24F2N2O.C2H5NO/c1-2-3-13(10-23)17-15(19)8-14(9-16(17)20)22-11-18(12-22)4-6-21-7-5-18;1-3-2-4/h8-10,13,21H,2-7,11-12H2,1H3;2H,1H3,(H,3,4). The van der Waals surface area contributed by atoms with Crippen LogP contribution in [0, 0.1) is 17.0 Å². The van der Waals surface area contributed by atoms with Crippen LogP contribution in [0.25, 0.3) is 0 Å². The van der Waals surface area contributed by atoms with Crippen LogP contribution in [0.1, 0.15) is 44.1 Å². The maximum Gasteiger partial charge on any atom is 0.206 e. The zero-order chi connectivity index (χ0) is 19.9. The van der Waals surface area contributed by atoms with Crippen molar-refractivity contribution in [2.75, 3.05) is 38.1 Å². The van der Waals surface area contributed by atoms with E-state index in [1.165, 1.54) is 12.1 Å². The first-order valence-electron chi connectivity index (χ1n) is 9.51. The van der Waals surface area contributed by atoms with Gasteiger partial charge in [-0.2, -0.15) is 0 Å². The average Bonchev–Trinajstić information content (AvgIpc) is 2.65. The third kappa shape index (κ3) is 5.03. The molecule has 150 valence electrons. The van der Waals surface area contributed by atoms with Gasteiger partial charge in [-0.25, -0.2) is 8.78 Å². The lowest BCUT2D eigenvalue weighted by atomic mass is 9.72. The number of hydrogen-bond donors (Lipinski definition) is 2. The average molecular weight is 381 g/mol. The molecule has 3 rings (SSSR count). The van der Waals surface area contributed by atoms with E-state index in [0.29, 0.717) is 36.6 Å². The van der Waals surface area contributed by atoms with Crippen molar-refractivity contribution in [1.29, 1.82) is 0 Å². The van der Waals surface area contributed by atoms with Gasteiger partial charge in [-0.15, -0.1) is 0 Å². The minimum absolute atomic E-state index is 0.0808. The molecule has 2 heterocycles. The molecule has 2 aliphatic heterocycles. The SMILES string of the molecule is CCCC(C=O)c1c(F)cc(N2CC3(CCNCC3)C2)cc1F.CNC=O. The molecule has 1 atom stereocenters. The first-order valence-corrected chi connectivity index (χ1v) is 9.51. The van der Waals surface area contributed by atoms with Gasteiger partial charge in [-0.3, -0.25) is 4.79 Å². The molecule has 0 saturated carbocycles. The normalized spacial score (nSPS) is 18.7. The minimum Gasteiger partial charge on any atom is -0.370 e. The molecule has 0 bridgehead atoms. The predicted octanol–water partition coefficient (Wildman–Crippen LogP) is 2.60. The second kappa shape index (κ2) is 9.78. The van der Waals surface area contributed by atoms with Crippen molar-refractivity contribution in [2.24, 2.45) is 5.41 Å². The summed E-state index contributed by atoms with van der Waals surface area (Å²) in [6.45, 7) is 5.66. The summed E-state index contributed by atoms with van der Waals surface area (Å²) in [7, 11) is 1.56. The monoisotopic (exact) mass is 381 g/mol. The highest BCUT2D eigenvalue weighted by Gasteiger charge is 2.43. The van der Waals surface area contributed by atoms with Crippen molar-refractivity contribution in [3.05, 3.63) is 29.3 Å². The number of amides is 1. The van der Waals surface area contributed by atoms with Crippen molar-refractivity contribution in [3.8, 4) is 0 Å². The Hall–Kier alpha value is -2.02. The number of halogens is 2. The van der Waals surface area contributed by atoms with E-state index in [9.17, 15) is 13.6 Å². The van der Waals surface area contributed by atoms with Gasteiger partial charge >= 0.3 is 0 Å². The van der Waals surface area contributed by atoms with E-state index in [1.807, 2.05) is 11.8 Å². The summed E-state index contributed by atoms with van der Waals surface area (Å²) in [5.41, 5.74) is 0.821. The van der Waals surface area contributed by atoms with E-state index in [4.69, 9.17) is 4.79 Å². The molecular weight excluding hydrogens is 352 g/mol. The molecule has 1 unspecified atom stereocenters. The second-order valence-electron chi connectivity index (χ2n) is 7.37. The van der Waals surface area contributed by atoms with Crippen LogP contribution in [-0.4, -0.2) is 45.9 Å². The summed E-state index contributed by atoms with van der Waals surface area (Å²) in [6, 6.07) is 2.77. The highest BCUT2D eigenvalue weighted by molar-refractivity contribution is 5.64. The van der Waals surface area contributed by atoms with Crippen LogP contribution in [0.4, 0.5) is 14.5 Å². The number of nitrogens with one attached hydrogen (secondary N) is 2. The molecule has 7 heteroatoms. The number of benzene rings is 1. The minimum atomic E-state index is -0.693. The number of piperidine rings is 1. The summed E-state index contributed by atoms with van der Waals surface area (Å²) in [6.07, 6.45) is 4.70. The van der Waals surface area contributed by atoms with E-state index in [0.717, 1.165) is 39.0 Å². The summed E-state index contributed by atoms with van der Waals surface area (Å²) in [4.78, 5) is 22.2. The zero-order valence-corrected chi connectivity index (χ0v) is 16.1. The van der Waals surface area contributed by atoms with Crippen molar-refractivity contribution in [2.45, 2.75) is 38.5 Å². The van der Waals surface area contributed by atoms with Gasteiger partial charge in [0.2, 0.25) is 6.41 Å². The summed E-state index contributed by atoms with van der Waals surface area (Å²) in [5.74, 6) is -1.89. The van der Waals surface area contributed by atoms with Crippen LogP contribution in [0.3, 0.4) is 0 Å². The molecule has 0 aliphatic carbocycles. The lowest BCUT2D eigenvalue weighted by Gasteiger charge is -2.53. The van der Waals surface area contributed by atoms with Crippen molar-refractivity contribution in [1.82, 2.24) is 10.6 Å².